The molecule has 0 spiro atoms. The summed E-state index contributed by atoms with van der Waals surface area (Å²) in [6.07, 6.45) is 4.42. The summed E-state index contributed by atoms with van der Waals surface area (Å²) in [5, 5.41) is 13.5. The van der Waals surface area contributed by atoms with Gasteiger partial charge in [0.2, 0.25) is 0 Å². The Hall–Kier alpha value is -3.24. The fourth-order valence-corrected chi connectivity index (χ4v) is 4.47. The molecule has 2 unspecified atom stereocenters. The third-order valence-corrected chi connectivity index (χ3v) is 5.95. The second kappa shape index (κ2) is 8.27. The van der Waals surface area contributed by atoms with E-state index in [0.29, 0.717) is 24.7 Å². The van der Waals surface area contributed by atoms with Gasteiger partial charge in [0, 0.05) is 18.3 Å². The lowest BCUT2D eigenvalue weighted by Gasteiger charge is -2.28. The van der Waals surface area contributed by atoms with E-state index in [0.717, 1.165) is 18.4 Å². The molecule has 0 amide bonds. The number of carboxylic acid groups (broad SMARTS) is 1. The highest BCUT2D eigenvalue weighted by Crippen LogP contribution is 2.40. The smallest absolute Gasteiger partial charge is 0.341 e. The van der Waals surface area contributed by atoms with Gasteiger partial charge in [0.05, 0.1) is 18.8 Å². The number of benzene rings is 1. The predicted molar refractivity (Wildman–Crippen MR) is 116 cm³/mol. The summed E-state index contributed by atoms with van der Waals surface area (Å²) in [5.41, 5.74) is 1.02. The molecule has 2 fully saturated rings. The molecule has 3 aromatic rings. The van der Waals surface area contributed by atoms with E-state index in [9.17, 15) is 14.3 Å². The van der Waals surface area contributed by atoms with Gasteiger partial charge in [0.15, 0.2) is 11.4 Å². The van der Waals surface area contributed by atoms with Crippen molar-refractivity contribution in [2.24, 2.45) is 0 Å². The van der Waals surface area contributed by atoms with E-state index in [2.05, 4.69) is 15.0 Å². The minimum absolute atomic E-state index is 0.0316. The van der Waals surface area contributed by atoms with Crippen molar-refractivity contribution in [3.05, 3.63) is 53.6 Å². The quantitative estimate of drug-likeness (QED) is 0.602. The van der Waals surface area contributed by atoms with Crippen LogP contribution < -0.4 is 9.64 Å². The van der Waals surface area contributed by atoms with Gasteiger partial charge in [0.25, 0.3) is 0 Å². The first kappa shape index (κ1) is 21.6. The summed E-state index contributed by atoms with van der Waals surface area (Å²) in [7, 11) is 0. The maximum Gasteiger partial charge on any atom is 0.341 e. The number of aromatic nitrogens is 3. The van der Waals surface area contributed by atoms with E-state index in [1.54, 1.807) is 18.3 Å². The van der Waals surface area contributed by atoms with Crippen LogP contribution in [0.3, 0.4) is 0 Å². The van der Waals surface area contributed by atoms with Gasteiger partial charge in [-0.3, -0.25) is 0 Å². The SMILES string of the molecule is CC1(C)OCC(COc2ccc(F)cc2C2CCCN2c2ccn3ncc(C(=O)O)c3n2)O1. The molecule has 33 heavy (non-hydrogen) atoms. The fourth-order valence-electron chi connectivity index (χ4n) is 4.47. The highest BCUT2D eigenvalue weighted by atomic mass is 19.1. The third kappa shape index (κ3) is 4.23. The molecule has 0 bridgehead atoms. The van der Waals surface area contributed by atoms with Crippen LogP contribution in [-0.4, -0.2) is 57.3 Å². The van der Waals surface area contributed by atoms with E-state index in [4.69, 9.17) is 14.2 Å². The zero-order valence-electron chi connectivity index (χ0n) is 18.4. The van der Waals surface area contributed by atoms with Crippen molar-refractivity contribution in [1.29, 1.82) is 0 Å². The van der Waals surface area contributed by atoms with Crippen LogP contribution in [0.5, 0.6) is 5.75 Å². The number of halogens is 1. The summed E-state index contributed by atoms with van der Waals surface area (Å²) in [6, 6.07) is 6.13. The Morgan fingerprint density at radius 1 is 1.36 bits per heavy atom. The van der Waals surface area contributed by atoms with Crippen LogP contribution in [0.15, 0.2) is 36.7 Å². The molecular weight excluding hydrogens is 431 g/mol. The van der Waals surface area contributed by atoms with Gasteiger partial charge in [-0.25, -0.2) is 18.7 Å². The number of hydrogen-bond acceptors (Lipinski definition) is 7. The monoisotopic (exact) mass is 456 g/mol. The molecule has 1 aromatic carbocycles. The molecule has 10 heteroatoms. The topological polar surface area (TPSA) is 98.4 Å². The number of hydrogen-bond donors (Lipinski definition) is 1. The second-order valence-electron chi connectivity index (χ2n) is 8.71. The van der Waals surface area contributed by atoms with E-state index >= 15 is 0 Å². The second-order valence-corrected chi connectivity index (χ2v) is 8.71. The summed E-state index contributed by atoms with van der Waals surface area (Å²) >= 11 is 0. The molecule has 2 aliphatic rings. The Kier molecular flexibility index (Phi) is 5.41. The average Bonchev–Trinajstić information content (AvgIpc) is 3.50. The first-order valence-electron chi connectivity index (χ1n) is 10.9. The standard InChI is InChI=1S/C23H25FN4O5/c1-23(2)32-13-15(33-23)12-31-19-6-5-14(24)10-16(19)18-4-3-8-27(18)20-7-9-28-21(26-20)17(11-25-28)22(29)30/h5-7,9-11,15,18H,3-4,8,12-13H2,1-2H3,(H,29,30). The minimum atomic E-state index is -1.09. The Bertz CT molecular complexity index is 1200. The third-order valence-electron chi connectivity index (χ3n) is 5.95. The number of anilines is 1. The summed E-state index contributed by atoms with van der Waals surface area (Å²) in [4.78, 5) is 18.1. The maximum absolute atomic E-state index is 14.3. The van der Waals surface area contributed by atoms with Crippen LogP contribution in [0.25, 0.3) is 5.65 Å². The molecule has 2 aromatic heterocycles. The molecule has 5 rings (SSSR count). The van der Waals surface area contributed by atoms with Crippen molar-refractivity contribution >= 4 is 17.4 Å². The van der Waals surface area contributed by atoms with Crippen molar-refractivity contribution < 1.29 is 28.5 Å². The lowest BCUT2D eigenvalue weighted by atomic mass is 10.0. The van der Waals surface area contributed by atoms with Gasteiger partial charge in [-0.15, -0.1) is 0 Å². The molecule has 9 nitrogen and oxygen atoms in total. The molecule has 2 saturated heterocycles. The number of carboxylic acids is 1. The number of nitrogens with zero attached hydrogens (tertiary/aromatic N) is 4. The number of aromatic carboxylic acids is 1. The van der Waals surface area contributed by atoms with Crippen molar-refractivity contribution in [1.82, 2.24) is 14.6 Å². The zero-order chi connectivity index (χ0) is 23.2. The first-order chi connectivity index (χ1) is 15.8. The van der Waals surface area contributed by atoms with Crippen LogP contribution >= 0.6 is 0 Å². The molecule has 0 saturated carbocycles. The highest BCUT2D eigenvalue weighted by molar-refractivity contribution is 5.94. The van der Waals surface area contributed by atoms with E-state index in [1.165, 1.54) is 22.8 Å². The average molecular weight is 456 g/mol. The summed E-state index contributed by atoms with van der Waals surface area (Å²) in [5.74, 6) is -0.891. The number of ether oxygens (including phenoxy) is 3. The van der Waals surface area contributed by atoms with Gasteiger partial charge in [0.1, 0.15) is 35.7 Å². The molecular formula is C23H25FN4O5. The number of fused-ring (bicyclic) bond motifs is 1. The molecule has 0 radical (unpaired) electrons. The minimum Gasteiger partial charge on any atom is -0.490 e. The fraction of sp³-hybridized carbons (Fsp3) is 0.435. The maximum atomic E-state index is 14.3. The number of rotatable bonds is 6. The molecule has 2 aliphatic heterocycles. The van der Waals surface area contributed by atoms with Crippen LogP contribution in [0.4, 0.5) is 10.2 Å². The molecule has 2 atom stereocenters. The van der Waals surface area contributed by atoms with Crippen LogP contribution in [-0.2, 0) is 9.47 Å². The van der Waals surface area contributed by atoms with Crippen molar-refractivity contribution in [3.8, 4) is 5.75 Å². The van der Waals surface area contributed by atoms with Gasteiger partial charge >= 0.3 is 5.97 Å². The Morgan fingerprint density at radius 3 is 2.97 bits per heavy atom. The Morgan fingerprint density at radius 2 is 2.21 bits per heavy atom. The van der Waals surface area contributed by atoms with Crippen LogP contribution in [0.1, 0.15) is 48.7 Å². The van der Waals surface area contributed by atoms with E-state index < -0.39 is 11.8 Å². The molecule has 174 valence electrons. The van der Waals surface area contributed by atoms with Gasteiger partial charge < -0.3 is 24.2 Å². The van der Waals surface area contributed by atoms with Gasteiger partial charge in [-0.05, 0) is 51.0 Å². The normalized spacial score (nSPS) is 22.2. The van der Waals surface area contributed by atoms with Crippen molar-refractivity contribution in [3.63, 3.8) is 0 Å². The van der Waals surface area contributed by atoms with E-state index in [-0.39, 0.29) is 35.8 Å². The molecule has 1 N–H and O–H groups in total. The van der Waals surface area contributed by atoms with E-state index in [1.807, 2.05) is 13.8 Å². The zero-order valence-corrected chi connectivity index (χ0v) is 18.4. The van der Waals surface area contributed by atoms with Gasteiger partial charge in [-0.2, -0.15) is 5.10 Å². The van der Waals surface area contributed by atoms with Crippen molar-refractivity contribution in [2.45, 2.75) is 44.6 Å². The predicted octanol–water partition coefficient (Wildman–Crippen LogP) is 3.44. The largest absolute Gasteiger partial charge is 0.490 e. The first-order valence-corrected chi connectivity index (χ1v) is 10.9. The van der Waals surface area contributed by atoms with Gasteiger partial charge in [-0.1, -0.05) is 0 Å². The van der Waals surface area contributed by atoms with Crippen molar-refractivity contribution in [2.75, 3.05) is 24.7 Å². The summed E-state index contributed by atoms with van der Waals surface area (Å²) < 4.78 is 33.2. The number of carbonyl (C=O) groups is 1. The lowest BCUT2D eigenvalue weighted by Crippen LogP contribution is -2.26. The Balaban J connectivity index is 1.43. The Labute approximate surface area is 189 Å². The van der Waals surface area contributed by atoms with Crippen LogP contribution in [0.2, 0.25) is 0 Å². The molecule has 0 aliphatic carbocycles. The van der Waals surface area contributed by atoms with Crippen LogP contribution in [0, 0.1) is 5.82 Å². The highest BCUT2D eigenvalue weighted by Gasteiger charge is 2.34. The lowest BCUT2D eigenvalue weighted by molar-refractivity contribution is -0.141. The molecule has 4 heterocycles. The summed E-state index contributed by atoms with van der Waals surface area (Å²) in [6.45, 7) is 5.13.